The Kier molecular flexibility index (Phi) is 6.01. The Morgan fingerprint density at radius 1 is 0.929 bits per heavy atom. The Morgan fingerprint density at radius 3 is 2.36 bits per heavy atom. The first-order valence-corrected chi connectivity index (χ1v) is 8.69. The molecule has 28 heavy (non-hydrogen) atoms. The smallest absolute Gasteiger partial charge is 0.254 e. The van der Waals surface area contributed by atoms with Gasteiger partial charge in [-0.3, -0.25) is 9.59 Å². The van der Waals surface area contributed by atoms with Crippen LogP contribution in [-0.2, 0) is 4.79 Å². The summed E-state index contributed by atoms with van der Waals surface area (Å²) in [7, 11) is 0. The first-order valence-electron chi connectivity index (χ1n) is 8.69. The number of hydrogen-bond donors (Lipinski definition) is 2. The summed E-state index contributed by atoms with van der Waals surface area (Å²) >= 11 is 0. The molecule has 2 amide bonds. The molecule has 0 saturated carbocycles. The van der Waals surface area contributed by atoms with Crippen LogP contribution in [0.3, 0.4) is 0 Å². The van der Waals surface area contributed by atoms with Crippen LogP contribution >= 0.6 is 0 Å². The molecule has 6 heteroatoms. The fraction of sp³-hybridized carbons (Fsp3) is 0.0909. The number of ether oxygens (including phenoxy) is 1. The summed E-state index contributed by atoms with van der Waals surface area (Å²) in [6.45, 7) is 1.68. The highest BCUT2D eigenvalue weighted by molar-refractivity contribution is 5.99. The molecule has 0 fully saturated rings. The molecular formula is C22H19FN2O3. The molecule has 3 aromatic carbocycles. The van der Waals surface area contributed by atoms with Gasteiger partial charge in [-0.25, -0.2) is 4.39 Å². The van der Waals surface area contributed by atoms with E-state index in [0.717, 1.165) is 5.56 Å². The minimum Gasteiger partial charge on any atom is -0.455 e. The Hall–Kier alpha value is -3.67. The van der Waals surface area contributed by atoms with Gasteiger partial charge in [0, 0.05) is 0 Å². The van der Waals surface area contributed by atoms with Gasteiger partial charge in [-0.2, -0.15) is 0 Å². The van der Waals surface area contributed by atoms with E-state index in [4.69, 9.17) is 4.74 Å². The average Bonchev–Trinajstić information content (AvgIpc) is 2.70. The van der Waals surface area contributed by atoms with Gasteiger partial charge in [0.1, 0.15) is 11.6 Å². The van der Waals surface area contributed by atoms with E-state index in [-0.39, 0.29) is 12.1 Å². The highest BCUT2D eigenvalue weighted by Crippen LogP contribution is 2.29. The second-order valence-corrected chi connectivity index (χ2v) is 6.12. The quantitative estimate of drug-likeness (QED) is 0.672. The third-order valence-corrected chi connectivity index (χ3v) is 3.94. The number of para-hydroxylation sites is 2. The van der Waals surface area contributed by atoms with Crippen molar-refractivity contribution in [3.8, 4) is 11.5 Å². The van der Waals surface area contributed by atoms with Gasteiger partial charge >= 0.3 is 0 Å². The lowest BCUT2D eigenvalue weighted by Crippen LogP contribution is -2.33. The van der Waals surface area contributed by atoms with E-state index in [2.05, 4.69) is 10.6 Å². The predicted octanol–water partition coefficient (Wildman–Crippen LogP) is 4.29. The molecule has 2 N–H and O–H groups in total. The summed E-state index contributed by atoms with van der Waals surface area (Å²) in [6.07, 6.45) is 0. The van der Waals surface area contributed by atoms with Crippen LogP contribution in [0.15, 0.2) is 72.8 Å². The van der Waals surface area contributed by atoms with Gasteiger partial charge in [0.05, 0.1) is 17.8 Å². The van der Waals surface area contributed by atoms with Crippen molar-refractivity contribution in [1.82, 2.24) is 5.32 Å². The fourth-order valence-electron chi connectivity index (χ4n) is 2.49. The van der Waals surface area contributed by atoms with Crippen LogP contribution in [0.25, 0.3) is 0 Å². The Labute approximate surface area is 162 Å². The normalized spacial score (nSPS) is 10.2. The molecule has 5 nitrogen and oxygen atoms in total. The number of nitrogens with one attached hydrogen (secondary N) is 2. The molecule has 3 rings (SSSR count). The van der Waals surface area contributed by atoms with Crippen LogP contribution in [0.2, 0.25) is 0 Å². The van der Waals surface area contributed by atoms with Gasteiger partial charge in [0.25, 0.3) is 5.91 Å². The second kappa shape index (κ2) is 8.81. The van der Waals surface area contributed by atoms with Crippen LogP contribution in [0.5, 0.6) is 11.5 Å². The Bertz CT molecular complexity index is 987. The largest absolute Gasteiger partial charge is 0.455 e. The van der Waals surface area contributed by atoms with Crippen molar-refractivity contribution in [3.63, 3.8) is 0 Å². The molecule has 142 valence electrons. The zero-order valence-electron chi connectivity index (χ0n) is 15.2. The highest BCUT2D eigenvalue weighted by atomic mass is 19.1. The lowest BCUT2D eigenvalue weighted by molar-refractivity contribution is -0.115. The number of amides is 2. The molecule has 0 unspecified atom stereocenters. The van der Waals surface area contributed by atoms with E-state index >= 15 is 0 Å². The average molecular weight is 378 g/mol. The van der Waals surface area contributed by atoms with Crippen molar-refractivity contribution >= 4 is 17.5 Å². The summed E-state index contributed by atoms with van der Waals surface area (Å²) in [4.78, 5) is 24.2. The number of carbonyl (C=O) groups is 2. The zero-order valence-corrected chi connectivity index (χ0v) is 15.2. The molecule has 0 saturated heterocycles. The number of aryl methyl sites for hydroxylation is 1. The molecule has 0 heterocycles. The topological polar surface area (TPSA) is 67.4 Å². The van der Waals surface area contributed by atoms with Gasteiger partial charge in [-0.1, -0.05) is 42.0 Å². The SMILES string of the molecule is Cc1ccc(Oc2ccccc2NC(=O)CNC(=O)c2ccccc2F)cc1. The van der Waals surface area contributed by atoms with Gasteiger partial charge in [0.15, 0.2) is 5.75 Å². The molecular weight excluding hydrogens is 359 g/mol. The summed E-state index contributed by atoms with van der Waals surface area (Å²) in [6, 6.07) is 20.1. The number of hydrogen-bond acceptors (Lipinski definition) is 3. The highest BCUT2D eigenvalue weighted by Gasteiger charge is 2.13. The third kappa shape index (κ3) is 4.94. The summed E-state index contributed by atoms with van der Waals surface area (Å²) < 4.78 is 19.4. The van der Waals surface area contributed by atoms with E-state index in [1.807, 2.05) is 31.2 Å². The van der Waals surface area contributed by atoms with Crippen LogP contribution < -0.4 is 15.4 Å². The van der Waals surface area contributed by atoms with Crippen molar-refractivity contribution in [2.45, 2.75) is 6.92 Å². The van der Waals surface area contributed by atoms with Gasteiger partial charge in [-0.15, -0.1) is 0 Å². The van der Waals surface area contributed by atoms with Gasteiger partial charge in [0.2, 0.25) is 5.91 Å². The lowest BCUT2D eigenvalue weighted by Gasteiger charge is -2.13. The molecule has 0 bridgehead atoms. The van der Waals surface area contributed by atoms with Crippen LogP contribution in [-0.4, -0.2) is 18.4 Å². The number of anilines is 1. The van der Waals surface area contributed by atoms with Crippen molar-refractivity contribution in [3.05, 3.63) is 89.7 Å². The zero-order chi connectivity index (χ0) is 19.9. The number of halogens is 1. The fourth-order valence-corrected chi connectivity index (χ4v) is 2.49. The minimum absolute atomic E-state index is 0.113. The maximum Gasteiger partial charge on any atom is 0.254 e. The molecule has 0 aromatic heterocycles. The number of rotatable bonds is 6. The van der Waals surface area contributed by atoms with E-state index < -0.39 is 17.6 Å². The second-order valence-electron chi connectivity index (χ2n) is 6.12. The van der Waals surface area contributed by atoms with Crippen LogP contribution in [0, 0.1) is 12.7 Å². The summed E-state index contributed by atoms with van der Waals surface area (Å²) in [5.41, 5.74) is 1.46. The third-order valence-electron chi connectivity index (χ3n) is 3.94. The molecule has 3 aromatic rings. The minimum atomic E-state index is -0.655. The van der Waals surface area contributed by atoms with E-state index in [1.165, 1.54) is 18.2 Å². The predicted molar refractivity (Wildman–Crippen MR) is 105 cm³/mol. The molecule has 0 atom stereocenters. The van der Waals surface area contributed by atoms with Gasteiger partial charge in [-0.05, 0) is 43.3 Å². The van der Waals surface area contributed by atoms with Crippen molar-refractivity contribution < 1.29 is 18.7 Å². The van der Waals surface area contributed by atoms with Gasteiger partial charge < -0.3 is 15.4 Å². The van der Waals surface area contributed by atoms with Crippen molar-refractivity contribution in [2.75, 3.05) is 11.9 Å². The molecule has 0 aliphatic heterocycles. The maximum atomic E-state index is 13.6. The van der Waals surface area contributed by atoms with E-state index in [0.29, 0.717) is 17.2 Å². The van der Waals surface area contributed by atoms with E-state index in [1.54, 1.807) is 30.3 Å². The monoisotopic (exact) mass is 378 g/mol. The van der Waals surface area contributed by atoms with Crippen molar-refractivity contribution in [1.29, 1.82) is 0 Å². The first-order chi connectivity index (χ1) is 13.5. The van der Waals surface area contributed by atoms with E-state index in [9.17, 15) is 14.0 Å². The Balaban J connectivity index is 1.62. The lowest BCUT2D eigenvalue weighted by atomic mass is 10.2. The molecule has 0 aliphatic rings. The van der Waals surface area contributed by atoms with Crippen molar-refractivity contribution in [2.24, 2.45) is 0 Å². The van der Waals surface area contributed by atoms with Crippen LogP contribution in [0.1, 0.15) is 15.9 Å². The number of benzene rings is 3. The number of carbonyl (C=O) groups excluding carboxylic acids is 2. The summed E-state index contributed by atoms with van der Waals surface area (Å²) in [5, 5.41) is 5.09. The molecule has 0 aliphatic carbocycles. The summed E-state index contributed by atoms with van der Waals surface area (Å²) in [5.74, 6) is -0.639. The van der Waals surface area contributed by atoms with Crippen LogP contribution in [0.4, 0.5) is 10.1 Å². The Morgan fingerprint density at radius 2 is 1.61 bits per heavy atom. The maximum absolute atomic E-state index is 13.6. The first kappa shape index (κ1) is 19.1. The molecule has 0 radical (unpaired) electrons. The standard InChI is InChI=1S/C22H19FN2O3/c1-15-10-12-16(13-11-15)28-20-9-5-4-8-19(20)25-21(26)14-24-22(27)17-6-2-3-7-18(17)23/h2-13H,14H2,1H3,(H,24,27)(H,25,26). The molecule has 0 spiro atoms.